The van der Waals surface area contributed by atoms with Crippen LogP contribution < -0.4 is 5.12 Å². The molecule has 0 radical (unpaired) electrons. The summed E-state index contributed by atoms with van der Waals surface area (Å²) in [6.45, 7) is 0. The highest BCUT2D eigenvalue weighted by molar-refractivity contribution is 6.20. The van der Waals surface area contributed by atoms with Crippen molar-refractivity contribution in [2.24, 2.45) is 10.4 Å². The highest BCUT2D eigenvalue weighted by atomic mass is 16.6. The molecular formula is C11H7N5O5. The molecule has 0 unspecified atom stereocenters. The van der Waals surface area contributed by atoms with E-state index in [1.807, 2.05) is 0 Å². The van der Waals surface area contributed by atoms with Crippen molar-refractivity contribution in [3.63, 3.8) is 0 Å². The number of nitro benzene ring substituents is 1. The van der Waals surface area contributed by atoms with E-state index in [1.54, 1.807) is 0 Å². The fourth-order valence-corrected chi connectivity index (χ4v) is 2.03. The molecule has 3 rings (SSSR count). The van der Waals surface area contributed by atoms with Crippen molar-refractivity contribution in [3.8, 4) is 0 Å². The lowest BCUT2D eigenvalue weighted by Crippen LogP contribution is -2.35. The molecular weight excluding hydrogens is 282 g/mol. The number of rotatable bonds is 3. The lowest BCUT2D eigenvalue weighted by atomic mass is 10.1. The minimum atomic E-state index is -1.00. The van der Waals surface area contributed by atoms with Gasteiger partial charge in [0.15, 0.2) is 0 Å². The summed E-state index contributed by atoms with van der Waals surface area (Å²) in [5, 5.41) is 19.2. The molecule has 0 atom stereocenters. The third-order valence-corrected chi connectivity index (χ3v) is 3.07. The third-order valence-electron chi connectivity index (χ3n) is 3.07. The highest BCUT2D eigenvalue weighted by Gasteiger charge is 2.38. The number of anilines is 1. The van der Waals surface area contributed by atoms with Crippen LogP contribution in [0, 0.1) is 10.1 Å². The molecule has 106 valence electrons. The topological polar surface area (TPSA) is 125 Å². The molecule has 0 aliphatic carbocycles. The van der Waals surface area contributed by atoms with Gasteiger partial charge in [-0.15, -0.1) is 5.12 Å². The Bertz CT molecular complexity index is 706. The smallest absolute Gasteiger partial charge is 0.274 e. The van der Waals surface area contributed by atoms with Crippen LogP contribution >= 0.6 is 0 Å². The minimum Gasteiger partial charge on any atom is -0.274 e. The number of hydrogen-bond acceptors (Lipinski definition) is 8. The molecule has 10 nitrogen and oxygen atoms in total. The Morgan fingerprint density at radius 2 is 1.81 bits per heavy atom. The van der Waals surface area contributed by atoms with Crippen molar-refractivity contribution in [2.75, 3.05) is 5.12 Å². The number of benzene rings is 1. The van der Waals surface area contributed by atoms with E-state index in [-0.39, 0.29) is 18.4 Å². The SMILES string of the molecule is O=C1CCC(=O)N1C(=O)c1cc(N2N=N2)ccc1[N+](=O)[O-]. The van der Waals surface area contributed by atoms with Gasteiger partial charge in [-0.3, -0.25) is 24.5 Å². The average molecular weight is 289 g/mol. The molecule has 3 amide bonds. The number of nitro groups is 1. The second-order valence-corrected chi connectivity index (χ2v) is 4.35. The number of carbonyl (C=O) groups excluding carboxylic acids is 3. The zero-order valence-electron chi connectivity index (χ0n) is 10.4. The first-order chi connectivity index (χ1) is 9.99. The van der Waals surface area contributed by atoms with Gasteiger partial charge >= 0.3 is 0 Å². The van der Waals surface area contributed by atoms with E-state index in [2.05, 4.69) is 10.4 Å². The van der Waals surface area contributed by atoms with Crippen LogP contribution in [-0.4, -0.2) is 27.5 Å². The summed E-state index contributed by atoms with van der Waals surface area (Å²) in [7, 11) is 0. The van der Waals surface area contributed by atoms with Gasteiger partial charge in [0.25, 0.3) is 11.6 Å². The summed E-state index contributed by atoms with van der Waals surface area (Å²) in [5.74, 6) is -2.32. The quantitative estimate of drug-likeness (QED) is 0.464. The van der Waals surface area contributed by atoms with Crippen LogP contribution in [0.5, 0.6) is 0 Å². The molecule has 0 spiro atoms. The molecule has 2 heterocycles. The van der Waals surface area contributed by atoms with E-state index in [0.717, 1.165) is 11.2 Å². The number of hydrogen-bond donors (Lipinski definition) is 0. The van der Waals surface area contributed by atoms with Crippen LogP contribution in [0.1, 0.15) is 23.2 Å². The maximum atomic E-state index is 12.3. The molecule has 2 aliphatic rings. The Morgan fingerprint density at radius 1 is 1.19 bits per heavy atom. The average Bonchev–Trinajstić information content (AvgIpc) is 3.24. The minimum absolute atomic E-state index is 0.0746. The monoisotopic (exact) mass is 289 g/mol. The van der Waals surface area contributed by atoms with Gasteiger partial charge in [-0.25, -0.2) is 4.90 Å². The van der Waals surface area contributed by atoms with Crippen molar-refractivity contribution in [1.29, 1.82) is 0 Å². The Hall–Kier alpha value is -3.17. The zero-order chi connectivity index (χ0) is 15.1. The maximum absolute atomic E-state index is 12.3. The normalized spacial score (nSPS) is 16.6. The molecule has 0 N–H and O–H groups in total. The van der Waals surface area contributed by atoms with E-state index in [0.29, 0.717) is 10.6 Å². The molecule has 0 aromatic heterocycles. The van der Waals surface area contributed by atoms with Crippen LogP contribution in [0.4, 0.5) is 11.4 Å². The van der Waals surface area contributed by atoms with Gasteiger partial charge in [-0.2, -0.15) is 0 Å². The second kappa shape index (κ2) is 4.44. The standard InChI is InChI=1S/C11H7N5O5/c17-9-3-4-10(18)14(9)11(19)7-5-6(15-12-13-15)1-2-8(7)16(20)21/h1-2,5H,3-4H2. The fraction of sp³-hybridized carbons (Fsp3) is 0.182. The zero-order valence-corrected chi connectivity index (χ0v) is 10.4. The van der Waals surface area contributed by atoms with Crippen LogP contribution in [0.3, 0.4) is 0 Å². The summed E-state index contributed by atoms with van der Waals surface area (Å²) >= 11 is 0. The van der Waals surface area contributed by atoms with E-state index < -0.39 is 28.3 Å². The third kappa shape index (κ3) is 2.12. The van der Waals surface area contributed by atoms with E-state index in [4.69, 9.17) is 0 Å². The summed E-state index contributed by atoms with van der Waals surface area (Å²) in [5.41, 5.74) is -0.500. The van der Waals surface area contributed by atoms with Crippen LogP contribution in [-0.2, 0) is 9.59 Å². The van der Waals surface area contributed by atoms with E-state index in [9.17, 15) is 24.5 Å². The number of nitrogens with zero attached hydrogens (tertiary/aromatic N) is 5. The first kappa shape index (κ1) is 12.8. The van der Waals surface area contributed by atoms with Crippen molar-refractivity contribution < 1.29 is 19.3 Å². The van der Waals surface area contributed by atoms with Gasteiger partial charge < -0.3 is 0 Å². The van der Waals surface area contributed by atoms with Crippen molar-refractivity contribution in [1.82, 2.24) is 4.90 Å². The van der Waals surface area contributed by atoms with Gasteiger partial charge in [-0.05, 0) is 22.6 Å². The number of carbonyl (C=O) groups is 3. The van der Waals surface area contributed by atoms with Gasteiger partial charge in [0.2, 0.25) is 11.8 Å². The van der Waals surface area contributed by atoms with Gasteiger partial charge in [0.05, 0.1) is 10.6 Å². The molecule has 10 heteroatoms. The van der Waals surface area contributed by atoms with Crippen LogP contribution in [0.2, 0.25) is 0 Å². The molecule has 1 aromatic carbocycles. The van der Waals surface area contributed by atoms with Crippen molar-refractivity contribution in [3.05, 3.63) is 33.9 Å². The molecule has 1 aromatic rings. The van der Waals surface area contributed by atoms with E-state index >= 15 is 0 Å². The maximum Gasteiger partial charge on any atom is 0.282 e. The molecule has 1 saturated heterocycles. The first-order valence-electron chi connectivity index (χ1n) is 5.89. The first-order valence-corrected chi connectivity index (χ1v) is 5.89. The molecule has 1 fully saturated rings. The highest BCUT2D eigenvalue weighted by Crippen LogP contribution is 2.30. The predicted molar refractivity (Wildman–Crippen MR) is 65.8 cm³/mol. The largest absolute Gasteiger partial charge is 0.282 e. The van der Waals surface area contributed by atoms with E-state index in [1.165, 1.54) is 12.1 Å². The van der Waals surface area contributed by atoms with Crippen LogP contribution in [0.25, 0.3) is 0 Å². The van der Waals surface area contributed by atoms with Crippen molar-refractivity contribution in [2.45, 2.75) is 12.8 Å². The Balaban J connectivity index is 2.04. The summed E-state index contributed by atoms with van der Waals surface area (Å²) < 4.78 is 0. The van der Waals surface area contributed by atoms with Crippen LogP contribution in [0.15, 0.2) is 28.6 Å². The number of likely N-dealkylation sites (tertiary alicyclic amines) is 1. The van der Waals surface area contributed by atoms with Gasteiger partial charge in [0, 0.05) is 18.9 Å². The Morgan fingerprint density at radius 3 is 2.33 bits per heavy atom. The molecule has 2 aliphatic heterocycles. The summed E-state index contributed by atoms with van der Waals surface area (Å²) in [6.07, 6.45) is -0.149. The number of amides is 3. The van der Waals surface area contributed by atoms with Gasteiger partial charge in [-0.1, -0.05) is 0 Å². The molecule has 21 heavy (non-hydrogen) atoms. The Kier molecular flexibility index (Phi) is 2.71. The lowest BCUT2D eigenvalue weighted by molar-refractivity contribution is -0.385. The Labute approximate surface area is 116 Å². The second-order valence-electron chi connectivity index (χ2n) is 4.35. The number of imide groups is 3. The summed E-state index contributed by atoms with van der Waals surface area (Å²) in [6, 6.07) is 3.65. The predicted octanol–water partition coefficient (Wildman–Crippen LogP) is 0.986. The fourth-order valence-electron chi connectivity index (χ4n) is 2.03. The van der Waals surface area contributed by atoms with Gasteiger partial charge in [0.1, 0.15) is 5.56 Å². The molecule has 0 bridgehead atoms. The summed E-state index contributed by atoms with van der Waals surface area (Å²) in [4.78, 5) is 46.1. The lowest BCUT2D eigenvalue weighted by Gasteiger charge is -2.12. The molecule has 0 saturated carbocycles. The van der Waals surface area contributed by atoms with Crippen molar-refractivity contribution >= 4 is 29.1 Å².